The molecule has 0 saturated carbocycles. The monoisotopic (exact) mass is 366 g/mol. The summed E-state index contributed by atoms with van der Waals surface area (Å²) in [6.07, 6.45) is 14.1. The first-order valence-corrected chi connectivity index (χ1v) is 10.6. The molecule has 0 atom stereocenters. The Morgan fingerprint density at radius 3 is 1.96 bits per heavy atom. The van der Waals surface area contributed by atoms with Gasteiger partial charge in [-0.05, 0) is 41.7 Å². The van der Waals surface area contributed by atoms with Gasteiger partial charge in [0.1, 0.15) is 0 Å². The summed E-state index contributed by atoms with van der Waals surface area (Å²) in [6.45, 7) is 2.26. The molecule has 1 N–H and O–H groups in total. The summed E-state index contributed by atoms with van der Waals surface area (Å²) >= 11 is 0. The van der Waals surface area contributed by atoms with Crippen LogP contribution in [0, 0.1) is 0 Å². The number of aryl methyl sites for hydroxylation is 1. The van der Waals surface area contributed by atoms with Gasteiger partial charge in [0.25, 0.3) is 0 Å². The van der Waals surface area contributed by atoms with E-state index in [9.17, 15) is 9.90 Å². The van der Waals surface area contributed by atoms with E-state index < -0.39 is 5.97 Å². The van der Waals surface area contributed by atoms with Crippen molar-refractivity contribution in [3.8, 4) is 11.1 Å². The highest BCUT2D eigenvalue weighted by molar-refractivity contribution is 5.89. The van der Waals surface area contributed by atoms with Crippen LogP contribution in [0.5, 0.6) is 0 Å². The van der Waals surface area contributed by atoms with E-state index in [2.05, 4.69) is 19.1 Å². The molecule has 0 aromatic heterocycles. The first-order valence-electron chi connectivity index (χ1n) is 10.6. The summed E-state index contributed by atoms with van der Waals surface area (Å²) in [4.78, 5) is 11.3. The molecule has 27 heavy (non-hydrogen) atoms. The van der Waals surface area contributed by atoms with Gasteiger partial charge in [0.2, 0.25) is 0 Å². The quantitative estimate of drug-likeness (QED) is 0.372. The average Bonchev–Trinajstić information content (AvgIpc) is 2.70. The van der Waals surface area contributed by atoms with Crippen molar-refractivity contribution in [1.29, 1.82) is 0 Å². The number of unbranched alkanes of at least 4 members (excludes halogenated alkanes) is 9. The molecule has 0 bridgehead atoms. The average molecular weight is 367 g/mol. The molecular formula is C25H34O2. The van der Waals surface area contributed by atoms with Crippen molar-refractivity contribution in [2.75, 3.05) is 0 Å². The van der Waals surface area contributed by atoms with E-state index >= 15 is 0 Å². The Morgan fingerprint density at radius 2 is 1.37 bits per heavy atom. The molecule has 0 unspecified atom stereocenters. The fraction of sp³-hybridized carbons (Fsp3) is 0.480. The molecule has 0 aliphatic heterocycles. The van der Waals surface area contributed by atoms with Gasteiger partial charge >= 0.3 is 5.97 Å². The highest BCUT2D eigenvalue weighted by Gasteiger charge is 2.10. The van der Waals surface area contributed by atoms with Gasteiger partial charge < -0.3 is 5.11 Å². The van der Waals surface area contributed by atoms with Crippen molar-refractivity contribution in [2.45, 2.75) is 77.6 Å². The first kappa shape index (κ1) is 21.2. The second-order valence-electron chi connectivity index (χ2n) is 7.48. The van der Waals surface area contributed by atoms with Crippen LogP contribution < -0.4 is 0 Å². The molecule has 0 aliphatic carbocycles. The van der Waals surface area contributed by atoms with Crippen LogP contribution in [0.25, 0.3) is 11.1 Å². The third kappa shape index (κ3) is 7.58. The molecule has 0 saturated heterocycles. The number of carboxylic acid groups (broad SMARTS) is 1. The molecule has 0 radical (unpaired) electrons. The van der Waals surface area contributed by atoms with E-state index in [1.807, 2.05) is 30.3 Å². The molecule has 2 heteroatoms. The number of hydrogen-bond acceptors (Lipinski definition) is 1. The van der Waals surface area contributed by atoms with Gasteiger partial charge in [-0.15, -0.1) is 0 Å². The van der Waals surface area contributed by atoms with Crippen molar-refractivity contribution < 1.29 is 9.90 Å². The highest BCUT2D eigenvalue weighted by atomic mass is 16.4. The van der Waals surface area contributed by atoms with Crippen molar-refractivity contribution >= 4 is 5.97 Å². The Morgan fingerprint density at radius 1 is 0.778 bits per heavy atom. The van der Waals surface area contributed by atoms with E-state index in [1.54, 1.807) is 6.07 Å². The minimum absolute atomic E-state index is 0.386. The molecule has 0 fully saturated rings. The van der Waals surface area contributed by atoms with Gasteiger partial charge in [-0.1, -0.05) is 101 Å². The van der Waals surface area contributed by atoms with Crippen LogP contribution in [0.2, 0.25) is 0 Å². The number of aromatic carboxylic acids is 1. The Balaban J connectivity index is 1.82. The fourth-order valence-electron chi connectivity index (χ4n) is 3.64. The first-order chi connectivity index (χ1) is 13.2. The lowest BCUT2D eigenvalue weighted by atomic mass is 9.93. The highest BCUT2D eigenvalue weighted by Crippen LogP contribution is 2.26. The predicted molar refractivity (Wildman–Crippen MR) is 114 cm³/mol. The summed E-state index contributed by atoms with van der Waals surface area (Å²) in [6, 6.07) is 15.8. The molecule has 0 aliphatic rings. The van der Waals surface area contributed by atoms with Crippen LogP contribution in [0.3, 0.4) is 0 Å². The van der Waals surface area contributed by atoms with Gasteiger partial charge in [-0.25, -0.2) is 4.79 Å². The minimum Gasteiger partial charge on any atom is -0.478 e. The standard InChI is InChI=1S/C25H34O2/c1-2-3-4-5-6-7-8-9-10-12-17-22-20-23(25(26)27)18-19-24(22)21-15-13-11-14-16-21/h11,13-16,18-20H,2-10,12,17H2,1H3,(H,26,27). The van der Waals surface area contributed by atoms with Crippen molar-refractivity contribution in [1.82, 2.24) is 0 Å². The topological polar surface area (TPSA) is 37.3 Å². The van der Waals surface area contributed by atoms with Crippen LogP contribution >= 0.6 is 0 Å². The summed E-state index contributed by atoms with van der Waals surface area (Å²) in [7, 11) is 0. The van der Waals surface area contributed by atoms with E-state index in [-0.39, 0.29) is 0 Å². The lowest BCUT2D eigenvalue weighted by Gasteiger charge is -2.11. The van der Waals surface area contributed by atoms with E-state index in [1.165, 1.54) is 57.8 Å². The predicted octanol–water partition coefficient (Wildman–Crippen LogP) is 7.52. The van der Waals surface area contributed by atoms with Gasteiger partial charge in [0, 0.05) is 0 Å². The third-order valence-corrected chi connectivity index (χ3v) is 5.24. The Bertz CT molecular complexity index is 676. The largest absolute Gasteiger partial charge is 0.478 e. The van der Waals surface area contributed by atoms with Crippen LogP contribution in [0.1, 0.15) is 87.1 Å². The Hall–Kier alpha value is -2.09. The van der Waals surface area contributed by atoms with Crippen LogP contribution in [-0.2, 0) is 6.42 Å². The molecular weight excluding hydrogens is 332 g/mol. The van der Waals surface area contributed by atoms with Gasteiger partial charge in [0.15, 0.2) is 0 Å². The molecule has 2 nitrogen and oxygen atoms in total. The van der Waals surface area contributed by atoms with E-state index in [0.29, 0.717) is 5.56 Å². The number of carbonyl (C=O) groups is 1. The maximum Gasteiger partial charge on any atom is 0.335 e. The molecule has 0 spiro atoms. The second kappa shape index (κ2) is 12.3. The number of benzene rings is 2. The number of carboxylic acids is 1. The Kier molecular flexibility index (Phi) is 9.68. The summed E-state index contributed by atoms with van der Waals surface area (Å²) in [5.74, 6) is -0.848. The lowest BCUT2D eigenvalue weighted by Crippen LogP contribution is -1.99. The van der Waals surface area contributed by atoms with Crippen molar-refractivity contribution in [3.05, 3.63) is 59.7 Å². The van der Waals surface area contributed by atoms with E-state index in [4.69, 9.17) is 0 Å². The summed E-state index contributed by atoms with van der Waals surface area (Å²) < 4.78 is 0. The van der Waals surface area contributed by atoms with Crippen LogP contribution in [0.4, 0.5) is 0 Å². The maximum absolute atomic E-state index is 11.3. The minimum atomic E-state index is -0.848. The van der Waals surface area contributed by atoms with Crippen molar-refractivity contribution in [2.24, 2.45) is 0 Å². The van der Waals surface area contributed by atoms with Gasteiger partial charge in [-0.3, -0.25) is 0 Å². The molecule has 2 rings (SSSR count). The molecule has 2 aromatic rings. The fourth-order valence-corrected chi connectivity index (χ4v) is 3.64. The molecule has 146 valence electrons. The zero-order valence-corrected chi connectivity index (χ0v) is 16.8. The van der Waals surface area contributed by atoms with Gasteiger partial charge in [-0.2, -0.15) is 0 Å². The summed E-state index contributed by atoms with van der Waals surface area (Å²) in [5, 5.41) is 9.32. The van der Waals surface area contributed by atoms with Crippen LogP contribution in [-0.4, -0.2) is 11.1 Å². The number of hydrogen-bond donors (Lipinski definition) is 1. The number of rotatable bonds is 13. The maximum atomic E-state index is 11.3. The smallest absolute Gasteiger partial charge is 0.335 e. The second-order valence-corrected chi connectivity index (χ2v) is 7.48. The van der Waals surface area contributed by atoms with Crippen LogP contribution in [0.15, 0.2) is 48.5 Å². The molecule has 0 amide bonds. The zero-order chi connectivity index (χ0) is 19.3. The van der Waals surface area contributed by atoms with Crippen molar-refractivity contribution in [3.63, 3.8) is 0 Å². The van der Waals surface area contributed by atoms with Gasteiger partial charge in [0.05, 0.1) is 5.56 Å². The lowest BCUT2D eigenvalue weighted by molar-refractivity contribution is 0.0697. The zero-order valence-electron chi connectivity index (χ0n) is 16.8. The molecule has 2 aromatic carbocycles. The normalized spacial score (nSPS) is 10.9. The molecule has 0 heterocycles. The SMILES string of the molecule is CCCCCCCCCCCCc1cc(C(=O)O)ccc1-c1ccccc1. The summed E-state index contributed by atoms with van der Waals surface area (Å²) in [5.41, 5.74) is 3.87. The Labute approximate surface area is 164 Å². The third-order valence-electron chi connectivity index (χ3n) is 5.24. The van der Waals surface area contributed by atoms with E-state index in [0.717, 1.165) is 29.5 Å².